The molecule has 0 radical (unpaired) electrons. The molecule has 0 aliphatic carbocycles. The Balaban J connectivity index is 2.98. The van der Waals surface area contributed by atoms with E-state index in [9.17, 15) is 4.79 Å². The number of aliphatic carboxylic acids is 1. The number of rotatable bonds is 4. The molecule has 0 aromatic heterocycles. The molecule has 0 heterocycles. The molecule has 0 aliphatic rings. The molecule has 0 saturated heterocycles. The normalized spacial score (nSPS) is 11.8. The van der Waals surface area contributed by atoms with Crippen molar-refractivity contribution in [3.63, 3.8) is 0 Å². The van der Waals surface area contributed by atoms with Gasteiger partial charge >= 0.3 is 5.97 Å². The predicted octanol–water partition coefficient (Wildman–Crippen LogP) is 3.27. The van der Waals surface area contributed by atoms with Crippen molar-refractivity contribution in [1.82, 2.24) is 0 Å². The second kappa shape index (κ2) is 5.71. The van der Waals surface area contributed by atoms with E-state index < -0.39 is 5.97 Å². The SMILES string of the molecule is CN(CC(C)(C)C)c1ccccc1C=CC(=O)O. The van der Waals surface area contributed by atoms with Crippen LogP contribution in [0.15, 0.2) is 30.3 Å². The molecule has 1 N–H and O–H groups in total. The Kier molecular flexibility index (Phi) is 4.54. The summed E-state index contributed by atoms with van der Waals surface area (Å²) in [5, 5.41) is 8.69. The fraction of sp³-hybridized carbons (Fsp3) is 0.400. The lowest BCUT2D eigenvalue weighted by Crippen LogP contribution is -2.29. The topological polar surface area (TPSA) is 40.5 Å². The number of hydrogen-bond donors (Lipinski definition) is 1. The third-order valence-corrected chi connectivity index (χ3v) is 2.46. The highest BCUT2D eigenvalue weighted by Crippen LogP contribution is 2.24. The number of benzene rings is 1. The van der Waals surface area contributed by atoms with Gasteiger partial charge in [-0.15, -0.1) is 0 Å². The second-order valence-electron chi connectivity index (χ2n) is 5.65. The second-order valence-corrected chi connectivity index (χ2v) is 5.65. The highest BCUT2D eigenvalue weighted by Gasteiger charge is 2.15. The van der Waals surface area contributed by atoms with Gasteiger partial charge in [-0.25, -0.2) is 4.79 Å². The van der Waals surface area contributed by atoms with Gasteiger partial charge in [0.1, 0.15) is 0 Å². The van der Waals surface area contributed by atoms with E-state index in [-0.39, 0.29) is 5.41 Å². The molecule has 3 nitrogen and oxygen atoms in total. The van der Waals surface area contributed by atoms with Crippen LogP contribution >= 0.6 is 0 Å². The third kappa shape index (κ3) is 4.62. The van der Waals surface area contributed by atoms with Crippen molar-refractivity contribution in [3.05, 3.63) is 35.9 Å². The van der Waals surface area contributed by atoms with E-state index >= 15 is 0 Å². The molecular weight excluding hydrogens is 226 g/mol. The van der Waals surface area contributed by atoms with Crippen LogP contribution in [0.4, 0.5) is 5.69 Å². The first kappa shape index (κ1) is 14.3. The minimum atomic E-state index is -0.928. The van der Waals surface area contributed by atoms with Crippen molar-refractivity contribution in [2.24, 2.45) is 5.41 Å². The zero-order valence-corrected chi connectivity index (χ0v) is 11.5. The van der Waals surface area contributed by atoms with E-state index in [1.54, 1.807) is 6.08 Å². The van der Waals surface area contributed by atoms with E-state index in [1.165, 1.54) is 6.08 Å². The fourth-order valence-corrected chi connectivity index (χ4v) is 1.93. The van der Waals surface area contributed by atoms with Crippen LogP contribution in [0.5, 0.6) is 0 Å². The first-order valence-corrected chi connectivity index (χ1v) is 6.01. The lowest BCUT2D eigenvalue weighted by molar-refractivity contribution is -0.131. The van der Waals surface area contributed by atoms with Crippen LogP contribution in [-0.4, -0.2) is 24.7 Å². The summed E-state index contributed by atoms with van der Waals surface area (Å²) in [6.45, 7) is 7.45. The molecule has 98 valence electrons. The van der Waals surface area contributed by atoms with Gasteiger partial charge in [0.2, 0.25) is 0 Å². The molecule has 1 aromatic rings. The van der Waals surface area contributed by atoms with Crippen LogP contribution in [0.1, 0.15) is 26.3 Å². The van der Waals surface area contributed by atoms with Gasteiger partial charge in [0, 0.05) is 25.4 Å². The van der Waals surface area contributed by atoms with Crippen LogP contribution in [-0.2, 0) is 4.79 Å². The maximum Gasteiger partial charge on any atom is 0.328 e. The van der Waals surface area contributed by atoms with E-state index in [2.05, 4.69) is 25.7 Å². The van der Waals surface area contributed by atoms with Gasteiger partial charge in [-0.1, -0.05) is 39.0 Å². The Bertz CT molecular complexity index is 444. The molecule has 1 rings (SSSR count). The molecule has 0 atom stereocenters. The summed E-state index contributed by atoms with van der Waals surface area (Å²) < 4.78 is 0. The minimum Gasteiger partial charge on any atom is -0.478 e. The molecular formula is C15H21NO2. The number of carboxylic acid groups (broad SMARTS) is 1. The summed E-state index contributed by atoms with van der Waals surface area (Å²) in [4.78, 5) is 12.7. The van der Waals surface area contributed by atoms with Gasteiger partial charge in [-0.3, -0.25) is 0 Å². The van der Waals surface area contributed by atoms with Gasteiger partial charge in [0.25, 0.3) is 0 Å². The Morgan fingerprint density at radius 2 is 1.94 bits per heavy atom. The number of anilines is 1. The van der Waals surface area contributed by atoms with Crippen LogP contribution in [0.25, 0.3) is 6.08 Å². The maximum absolute atomic E-state index is 10.6. The molecule has 0 fully saturated rings. The van der Waals surface area contributed by atoms with Gasteiger partial charge in [-0.05, 0) is 23.1 Å². The molecule has 0 bridgehead atoms. The highest BCUT2D eigenvalue weighted by molar-refractivity contribution is 5.86. The summed E-state index contributed by atoms with van der Waals surface area (Å²) in [7, 11) is 2.03. The fourth-order valence-electron chi connectivity index (χ4n) is 1.93. The Hall–Kier alpha value is -1.77. The van der Waals surface area contributed by atoms with Crippen molar-refractivity contribution in [1.29, 1.82) is 0 Å². The largest absolute Gasteiger partial charge is 0.478 e. The molecule has 3 heteroatoms. The van der Waals surface area contributed by atoms with Gasteiger partial charge in [0.15, 0.2) is 0 Å². The van der Waals surface area contributed by atoms with Gasteiger partial charge < -0.3 is 10.0 Å². The molecule has 0 amide bonds. The van der Waals surface area contributed by atoms with Crippen molar-refractivity contribution >= 4 is 17.7 Å². The number of hydrogen-bond acceptors (Lipinski definition) is 2. The number of carbonyl (C=O) groups is 1. The smallest absolute Gasteiger partial charge is 0.328 e. The van der Waals surface area contributed by atoms with Crippen molar-refractivity contribution in [3.8, 4) is 0 Å². The number of nitrogens with zero attached hydrogens (tertiary/aromatic N) is 1. The minimum absolute atomic E-state index is 0.193. The van der Waals surface area contributed by atoms with Crippen molar-refractivity contribution < 1.29 is 9.90 Å². The summed E-state index contributed by atoms with van der Waals surface area (Å²) in [6, 6.07) is 7.81. The lowest BCUT2D eigenvalue weighted by atomic mass is 9.95. The predicted molar refractivity (Wildman–Crippen MR) is 75.8 cm³/mol. The van der Waals surface area contributed by atoms with Crippen LogP contribution in [0, 0.1) is 5.41 Å². The first-order valence-electron chi connectivity index (χ1n) is 6.01. The van der Waals surface area contributed by atoms with Crippen molar-refractivity contribution in [2.75, 3.05) is 18.5 Å². The molecule has 0 unspecified atom stereocenters. The standard InChI is InChI=1S/C15H21NO2/c1-15(2,3)11-16(4)13-8-6-5-7-12(13)9-10-14(17)18/h5-10H,11H2,1-4H3,(H,17,18). The Morgan fingerprint density at radius 1 is 1.33 bits per heavy atom. The van der Waals surface area contributed by atoms with Crippen LogP contribution < -0.4 is 4.90 Å². The molecule has 18 heavy (non-hydrogen) atoms. The maximum atomic E-state index is 10.6. The van der Waals surface area contributed by atoms with E-state index in [0.717, 1.165) is 17.8 Å². The molecule has 0 aliphatic heterocycles. The molecule has 0 spiro atoms. The Labute approximate surface area is 109 Å². The zero-order valence-electron chi connectivity index (χ0n) is 11.5. The summed E-state index contributed by atoms with van der Waals surface area (Å²) in [6.07, 6.45) is 2.81. The number of para-hydroxylation sites is 1. The number of carboxylic acids is 1. The summed E-state index contributed by atoms with van der Waals surface area (Å²) in [5.74, 6) is -0.928. The third-order valence-electron chi connectivity index (χ3n) is 2.46. The molecule has 0 saturated carbocycles. The monoisotopic (exact) mass is 247 g/mol. The van der Waals surface area contributed by atoms with E-state index in [0.29, 0.717) is 0 Å². The quantitative estimate of drug-likeness (QED) is 0.830. The van der Waals surface area contributed by atoms with E-state index in [1.807, 2.05) is 31.3 Å². The van der Waals surface area contributed by atoms with Crippen LogP contribution in [0.3, 0.4) is 0 Å². The van der Waals surface area contributed by atoms with Crippen molar-refractivity contribution in [2.45, 2.75) is 20.8 Å². The van der Waals surface area contributed by atoms with E-state index in [4.69, 9.17) is 5.11 Å². The van der Waals surface area contributed by atoms with Gasteiger partial charge in [-0.2, -0.15) is 0 Å². The highest BCUT2D eigenvalue weighted by atomic mass is 16.4. The lowest BCUT2D eigenvalue weighted by Gasteiger charge is -2.29. The summed E-state index contributed by atoms with van der Waals surface area (Å²) in [5.41, 5.74) is 2.16. The van der Waals surface area contributed by atoms with Crippen LogP contribution in [0.2, 0.25) is 0 Å². The average Bonchev–Trinajstić information content (AvgIpc) is 2.24. The first-order chi connectivity index (χ1) is 8.29. The summed E-state index contributed by atoms with van der Waals surface area (Å²) >= 11 is 0. The molecule has 1 aromatic carbocycles. The Morgan fingerprint density at radius 3 is 2.50 bits per heavy atom. The van der Waals surface area contributed by atoms with Gasteiger partial charge in [0.05, 0.1) is 0 Å². The average molecular weight is 247 g/mol. The zero-order chi connectivity index (χ0) is 13.8.